The molecule has 6 nitrogen and oxygen atoms in total. The quantitative estimate of drug-likeness (QED) is 0.620. The molecular formula is C15H20N2O4. The Kier molecular flexibility index (Phi) is 4.00. The van der Waals surface area contributed by atoms with Crippen molar-refractivity contribution in [2.24, 2.45) is 0 Å². The summed E-state index contributed by atoms with van der Waals surface area (Å²) in [5.74, 6) is -0.181. The smallest absolute Gasteiger partial charge is 0.273 e. The summed E-state index contributed by atoms with van der Waals surface area (Å²) in [4.78, 5) is 24.9. The van der Waals surface area contributed by atoms with Gasteiger partial charge in [0.2, 0.25) is 0 Å². The summed E-state index contributed by atoms with van der Waals surface area (Å²) in [7, 11) is 0. The first-order chi connectivity index (χ1) is 9.71. The zero-order chi connectivity index (χ0) is 15.8. The lowest BCUT2D eigenvalue weighted by Crippen LogP contribution is -2.53. The summed E-state index contributed by atoms with van der Waals surface area (Å²) in [6.07, 6.45) is -0.0586. The Morgan fingerprint density at radius 1 is 1.48 bits per heavy atom. The fourth-order valence-electron chi connectivity index (χ4n) is 2.83. The minimum absolute atomic E-state index is 0.0265. The highest BCUT2D eigenvalue weighted by molar-refractivity contribution is 5.96. The topological polar surface area (TPSA) is 72.7 Å². The maximum absolute atomic E-state index is 12.7. The van der Waals surface area contributed by atoms with Crippen molar-refractivity contribution in [2.75, 3.05) is 13.1 Å². The molecule has 1 amide bonds. The number of ether oxygens (including phenoxy) is 1. The zero-order valence-corrected chi connectivity index (χ0v) is 12.8. The van der Waals surface area contributed by atoms with Crippen LogP contribution in [-0.4, -0.2) is 40.5 Å². The fraction of sp³-hybridized carbons (Fsp3) is 0.533. The van der Waals surface area contributed by atoms with Crippen LogP contribution < -0.4 is 0 Å². The van der Waals surface area contributed by atoms with E-state index in [9.17, 15) is 14.9 Å². The third-order valence-corrected chi connectivity index (χ3v) is 3.59. The number of amides is 1. The predicted molar refractivity (Wildman–Crippen MR) is 78.4 cm³/mol. The molecule has 1 aromatic rings. The lowest BCUT2D eigenvalue weighted by Gasteiger charge is -2.41. The van der Waals surface area contributed by atoms with Crippen molar-refractivity contribution in [2.45, 2.75) is 39.4 Å². The number of benzene rings is 1. The minimum Gasteiger partial charge on any atom is -0.369 e. The van der Waals surface area contributed by atoms with Crippen molar-refractivity contribution < 1.29 is 14.5 Å². The number of hydrogen-bond donors (Lipinski definition) is 0. The van der Waals surface area contributed by atoms with Gasteiger partial charge < -0.3 is 9.64 Å². The number of nitro groups is 1. The van der Waals surface area contributed by atoms with E-state index >= 15 is 0 Å². The van der Waals surface area contributed by atoms with Gasteiger partial charge in [-0.1, -0.05) is 6.07 Å². The molecule has 0 spiro atoms. The highest BCUT2D eigenvalue weighted by Crippen LogP contribution is 2.26. The second kappa shape index (κ2) is 5.44. The summed E-state index contributed by atoms with van der Waals surface area (Å²) in [5, 5.41) is 11.0. The summed E-state index contributed by atoms with van der Waals surface area (Å²) in [5.41, 5.74) is 0.349. The van der Waals surface area contributed by atoms with Crippen LogP contribution in [0.4, 0.5) is 5.69 Å². The van der Waals surface area contributed by atoms with Gasteiger partial charge in [-0.05, 0) is 33.8 Å². The highest BCUT2D eigenvalue weighted by Gasteiger charge is 2.34. The number of carbonyl (C=O) groups excluding carboxylic acids is 1. The number of carbonyl (C=O) groups is 1. The first-order valence-electron chi connectivity index (χ1n) is 6.92. The van der Waals surface area contributed by atoms with Crippen molar-refractivity contribution in [3.63, 3.8) is 0 Å². The van der Waals surface area contributed by atoms with E-state index in [-0.39, 0.29) is 17.7 Å². The standard InChI is InChI=1S/C15H20N2O4/c1-10-8-16(9-15(3,4)21-10)14(18)12-6-5-7-13(11(12)2)17(19)20/h5-7,10H,8-9H2,1-4H3. The predicted octanol–water partition coefficient (Wildman–Crippen LogP) is 2.54. The molecule has 6 heteroatoms. The third kappa shape index (κ3) is 3.21. The van der Waals surface area contributed by atoms with E-state index in [0.29, 0.717) is 24.2 Å². The highest BCUT2D eigenvalue weighted by atomic mass is 16.6. The zero-order valence-electron chi connectivity index (χ0n) is 12.8. The SMILES string of the molecule is Cc1c(C(=O)N2CC(C)OC(C)(C)C2)cccc1[N+](=O)[O-]. The van der Waals surface area contributed by atoms with Gasteiger partial charge in [0, 0.05) is 30.3 Å². The van der Waals surface area contributed by atoms with Crippen molar-refractivity contribution in [3.05, 3.63) is 39.4 Å². The molecule has 114 valence electrons. The molecule has 1 aromatic carbocycles. The maximum Gasteiger partial charge on any atom is 0.273 e. The van der Waals surface area contributed by atoms with Crippen LogP contribution in [0.25, 0.3) is 0 Å². The van der Waals surface area contributed by atoms with Gasteiger partial charge in [-0.3, -0.25) is 14.9 Å². The van der Waals surface area contributed by atoms with E-state index in [2.05, 4.69) is 0 Å². The van der Waals surface area contributed by atoms with E-state index in [4.69, 9.17) is 4.74 Å². The maximum atomic E-state index is 12.7. The lowest BCUT2D eigenvalue weighted by atomic mass is 10.0. The van der Waals surface area contributed by atoms with Gasteiger partial charge in [-0.25, -0.2) is 0 Å². The molecule has 1 atom stereocenters. The summed E-state index contributed by atoms with van der Waals surface area (Å²) in [6, 6.07) is 4.60. The minimum atomic E-state index is -0.460. The Bertz CT molecular complexity index is 583. The van der Waals surface area contributed by atoms with Crippen molar-refractivity contribution in [3.8, 4) is 0 Å². The number of morpholine rings is 1. The van der Waals surface area contributed by atoms with Crippen molar-refractivity contribution >= 4 is 11.6 Å². The Labute approximate surface area is 123 Å². The molecule has 1 saturated heterocycles. The van der Waals surface area contributed by atoms with Gasteiger partial charge in [-0.15, -0.1) is 0 Å². The second-order valence-electron chi connectivity index (χ2n) is 6.08. The molecule has 1 aliphatic rings. The Morgan fingerprint density at radius 2 is 2.14 bits per heavy atom. The van der Waals surface area contributed by atoms with Crippen LogP contribution in [0.2, 0.25) is 0 Å². The Hall–Kier alpha value is -1.95. The van der Waals surface area contributed by atoms with Crippen LogP contribution in [0.3, 0.4) is 0 Å². The Balaban J connectivity index is 2.32. The van der Waals surface area contributed by atoms with Gasteiger partial charge in [-0.2, -0.15) is 0 Å². The first kappa shape index (κ1) is 15.4. The molecule has 0 aliphatic carbocycles. The molecular weight excluding hydrogens is 272 g/mol. The average Bonchev–Trinajstić information content (AvgIpc) is 2.35. The van der Waals surface area contributed by atoms with Gasteiger partial charge >= 0.3 is 0 Å². The molecule has 0 saturated carbocycles. The molecule has 0 bridgehead atoms. The first-order valence-corrected chi connectivity index (χ1v) is 6.92. The van der Waals surface area contributed by atoms with E-state index in [1.807, 2.05) is 20.8 Å². The van der Waals surface area contributed by atoms with Crippen LogP contribution in [0.5, 0.6) is 0 Å². The monoisotopic (exact) mass is 292 g/mol. The van der Waals surface area contributed by atoms with Crippen LogP contribution in [0.1, 0.15) is 36.7 Å². The Morgan fingerprint density at radius 3 is 2.71 bits per heavy atom. The fourth-order valence-corrected chi connectivity index (χ4v) is 2.83. The van der Waals surface area contributed by atoms with Crippen LogP contribution in [0, 0.1) is 17.0 Å². The number of nitro benzene ring substituents is 1. The summed E-state index contributed by atoms with van der Waals surface area (Å²) in [6.45, 7) is 8.36. The molecule has 21 heavy (non-hydrogen) atoms. The number of rotatable bonds is 2. The van der Waals surface area contributed by atoms with Gasteiger partial charge in [0.15, 0.2) is 0 Å². The van der Waals surface area contributed by atoms with E-state index in [1.165, 1.54) is 6.07 Å². The van der Waals surface area contributed by atoms with Gasteiger partial charge in [0.25, 0.3) is 11.6 Å². The van der Waals surface area contributed by atoms with Crippen LogP contribution in [-0.2, 0) is 4.74 Å². The number of nitrogens with zero attached hydrogens (tertiary/aromatic N) is 2. The molecule has 1 aliphatic heterocycles. The van der Waals surface area contributed by atoms with Crippen LogP contribution in [0.15, 0.2) is 18.2 Å². The molecule has 2 rings (SSSR count). The summed E-state index contributed by atoms with van der Waals surface area (Å²) < 4.78 is 5.78. The van der Waals surface area contributed by atoms with E-state index in [0.717, 1.165) is 0 Å². The van der Waals surface area contributed by atoms with Gasteiger partial charge in [0.1, 0.15) is 0 Å². The number of hydrogen-bond acceptors (Lipinski definition) is 4. The summed E-state index contributed by atoms with van der Waals surface area (Å²) >= 11 is 0. The van der Waals surface area contributed by atoms with Crippen molar-refractivity contribution in [1.29, 1.82) is 0 Å². The van der Waals surface area contributed by atoms with Crippen molar-refractivity contribution in [1.82, 2.24) is 4.90 Å². The van der Waals surface area contributed by atoms with E-state index in [1.54, 1.807) is 24.0 Å². The lowest BCUT2D eigenvalue weighted by molar-refractivity contribution is -0.385. The molecule has 1 heterocycles. The molecule has 0 aromatic heterocycles. The van der Waals surface area contributed by atoms with Crippen LogP contribution >= 0.6 is 0 Å². The molecule has 1 unspecified atom stereocenters. The normalized spacial score (nSPS) is 21.1. The third-order valence-electron chi connectivity index (χ3n) is 3.59. The second-order valence-corrected chi connectivity index (χ2v) is 6.08. The molecule has 0 N–H and O–H groups in total. The van der Waals surface area contributed by atoms with E-state index < -0.39 is 10.5 Å². The largest absolute Gasteiger partial charge is 0.369 e. The average molecular weight is 292 g/mol. The molecule has 0 radical (unpaired) electrons. The van der Waals surface area contributed by atoms with Gasteiger partial charge in [0.05, 0.1) is 16.6 Å². The molecule has 1 fully saturated rings.